The van der Waals surface area contributed by atoms with E-state index in [0.29, 0.717) is 17.3 Å². The highest BCUT2D eigenvalue weighted by Crippen LogP contribution is 2.23. The molecule has 2 aromatic rings. The van der Waals surface area contributed by atoms with Crippen LogP contribution in [0.2, 0.25) is 0 Å². The summed E-state index contributed by atoms with van der Waals surface area (Å²) in [4.78, 5) is 4.18. The maximum atomic E-state index is 11.3. The second kappa shape index (κ2) is 4.77. The zero-order valence-corrected chi connectivity index (χ0v) is 11.0. The van der Waals surface area contributed by atoms with Crippen molar-refractivity contribution in [1.29, 1.82) is 0 Å². The first kappa shape index (κ1) is 13.2. The molecular weight excluding hydrogens is 266 g/mol. The van der Waals surface area contributed by atoms with Gasteiger partial charge in [-0.2, -0.15) is 4.98 Å². The fourth-order valence-electron chi connectivity index (χ4n) is 1.40. The van der Waals surface area contributed by atoms with Crippen molar-refractivity contribution in [1.82, 2.24) is 4.98 Å². The first-order valence-corrected chi connectivity index (χ1v) is 7.25. The van der Waals surface area contributed by atoms with Crippen LogP contribution in [0.25, 0.3) is 0 Å². The molecule has 0 saturated carbocycles. The molecule has 7 heteroatoms. The summed E-state index contributed by atoms with van der Waals surface area (Å²) < 4.78 is 28.0. The van der Waals surface area contributed by atoms with E-state index in [1.54, 1.807) is 24.3 Å². The topological polar surface area (TPSA) is 108 Å². The van der Waals surface area contributed by atoms with Gasteiger partial charge in [-0.3, -0.25) is 0 Å². The second-order valence-electron chi connectivity index (χ2n) is 3.97. The monoisotopic (exact) mass is 279 g/mol. The molecule has 0 bridgehead atoms. The van der Waals surface area contributed by atoms with E-state index >= 15 is 0 Å². The second-order valence-corrected chi connectivity index (χ2v) is 5.99. The number of anilines is 2. The Morgan fingerprint density at radius 2 is 1.68 bits per heavy atom. The van der Waals surface area contributed by atoms with Crippen LogP contribution in [0.15, 0.2) is 41.3 Å². The van der Waals surface area contributed by atoms with Crippen molar-refractivity contribution in [2.24, 2.45) is 0 Å². The van der Waals surface area contributed by atoms with Crippen LogP contribution < -0.4 is 16.2 Å². The molecule has 4 N–H and O–H groups in total. The van der Waals surface area contributed by atoms with Crippen molar-refractivity contribution in [3.63, 3.8) is 0 Å². The van der Waals surface area contributed by atoms with Crippen molar-refractivity contribution < 1.29 is 13.2 Å². The Labute approximate surface area is 110 Å². The summed E-state index contributed by atoms with van der Waals surface area (Å²) in [6.07, 6.45) is 1.14. The molecule has 0 spiro atoms. The predicted molar refractivity (Wildman–Crippen MR) is 72.7 cm³/mol. The van der Waals surface area contributed by atoms with Gasteiger partial charge in [0.1, 0.15) is 5.75 Å². The SMILES string of the molecule is CS(=O)(=O)c1ccc(Oc2ccc(N)c(N)n2)cc1. The van der Waals surface area contributed by atoms with Gasteiger partial charge >= 0.3 is 0 Å². The third-order valence-electron chi connectivity index (χ3n) is 2.41. The fourth-order valence-corrected chi connectivity index (χ4v) is 2.03. The van der Waals surface area contributed by atoms with E-state index in [1.165, 1.54) is 12.1 Å². The Morgan fingerprint density at radius 3 is 2.21 bits per heavy atom. The van der Waals surface area contributed by atoms with Gasteiger partial charge < -0.3 is 16.2 Å². The van der Waals surface area contributed by atoms with E-state index in [4.69, 9.17) is 16.2 Å². The summed E-state index contributed by atoms with van der Waals surface area (Å²) in [5, 5.41) is 0. The number of ether oxygens (including phenoxy) is 1. The molecule has 0 aliphatic carbocycles. The molecule has 0 radical (unpaired) electrons. The van der Waals surface area contributed by atoms with Gasteiger partial charge in [-0.25, -0.2) is 8.42 Å². The van der Waals surface area contributed by atoms with Crippen LogP contribution in [-0.4, -0.2) is 19.7 Å². The summed E-state index contributed by atoms with van der Waals surface area (Å²) in [7, 11) is -3.21. The Morgan fingerprint density at radius 1 is 1.05 bits per heavy atom. The lowest BCUT2D eigenvalue weighted by Crippen LogP contribution is -1.99. The Balaban J connectivity index is 2.22. The zero-order valence-electron chi connectivity index (χ0n) is 10.2. The summed E-state index contributed by atoms with van der Waals surface area (Å²) in [5.41, 5.74) is 11.5. The van der Waals surface area contributed by atoms with Crippen LogP contribution in [0.1, 0.15) is 0 Å². The average molecular weight is 279 g/mol. The van der Waals surface area contributed by atoms with Crippen LogP contribution in [0.3, 0.4) is 0 Å². The number of rotatable bonds is 3. The predicted octanol–water partition coefficient (Wildman–Crippen LogP) is 1.44. The molecule has 0 saturated heterocycles. The summed E-state index contributed by atoms with van der Waals surface area (Å²) in [6.45, 7) is 0. The molecule has 0 amide bonds. The van der Waals surface area contributed by atoms with Gasteiger partial charge in [0, 0.05) is 12.3 Å². The van der Waals surface area contributed by atoms with Crippen molar-refractivity contribution in [2.75, 3.05) is 17.7 Å². The lowest BCUT2D eigenvalue weighted by molar-refractivity contribution is 0.463. The van der Waals surface area contributed by atoms with Gasteiger partial charge in [-0.15, -0.1) is 0 Å². The first-order chi connectivity index (χ1) is 8.86. The van der Waals surface area contributed by atoms with E-state index in [9.17, 15) is 8.42 Å². The van der Waals surface area contributed by atoms with Crippen molar-refractivity contribution in [3.05, 3.63) is 36.4 Å². The highest BCUT2D eigenvalue weighted by atomic mass is 32.2. The average Bonchev–Trinajstić information content (AvgIpc) is 2.33. The van der Waals surface area contributed by atoms with E-state index in [2.05, 4.69) is 4.98 Å². The van der Waals surface area contributed by atoms with Crippen molar-refractivity contribution in [3.8, 4) is 11.6 Å². The molecule has 0 aliphatic rings. The summed E-state index contributed by atoms with van der Waals surface area (Å²) in [6, 6.07) is 9.19. The highest BCUT2D eigenvalue weighted by Gasteiger charge is 2.07. The Kier molecular flexibility index (Phi) is 3.30. The van der Waals surface area contributed by atoms with Gasteiger partial charge in [0.05, 0.1) is 10.6 Å². The minimum Gasteiger partial charge on any atom is -0.439 e. The molecular formula is C12H13N3O3S. The third-order valence-corrected chi connectivity index (χ3v) is 3.53. The minimum absolute atomic E-state index is 0.185. The lowest BCUT2D eigenvalue weighted by Gasteiger charge is -2.07. The maximum Gasteiger partial charge on any atom is 0.221 e. The van der Waals surface area contributed by atoms with Crippen LogP contribution in [0, 0.1) is 0 Å². The molecule has 100 valence electrons. The van der Waals surface area contributed by atoms with Crippen LogP contribution >= 0.6 is 0 Å². The molecule has 0 aliphatic heterocycles. The number of aromatic nitrogens is 1. The number of hydrogen-bond acceptors (Lipinski definition) is 6. The van der Waals surface area contributed by atoms with Gasteiger partial charge in [-0.05, 0) is 30.3 Å². The van der Waals surface area contributed by atoms with Crippen molar-refractivity contribution in [2.45, 2.75) is 4.90 Å². The summed E-state index contributed by atoms with van der Waals surface area (Å²) in [5.74, 6) is 0.938. The van der Waals surface area contributed by atoms with Crippen molar-refractivity contribution >= 4 is 21.3 Å². The maximum absolute atomic E-state index is 11.3. The van der Waals surface area contributed by atoms with E-state index in [0.717, 1.165) is 6.26 Å². The number of nitrogens with zero attached hydrogens (tertiary/aromatic N) is 1. The first-order valence-electron chi connectivity index (χ1n) is 5.36. The third kappa shape index (κ3) is 3.14. The summed E-state index contributed by atoms with van der Waals surface area (Å²) >= 11 is 0. The molecule has 19 heavy (non-hydrogen) atoms. The quantitative estimate of drug-likeness (QED) is 0.880. The number of pyridine rings is 1. The molecule has 1 aromatic heterocycles. The highest BCUT2D eigenvalue weighted by molar-refractivity contribution is 7.90. The number of nitrogen functional groups attached to an aromatic ring is 2. The van der Waals surface area contributed by atoms with E-state index < -0.39 is 9.84 Å². The van der Waals surface area contributed by atoms with Gasteiger partial charge in [0.15, 0.2) is 15.7 Å². The molecule has 2 rings (SSSR count). The van der Waals surface area contributed by atoms with Crippen LogP contribution in [-0.2, 0) is 9.84 Å². The van der Waals surface area contributed by atoms with Gasteiger partial charge in [0.25, 0.3) is 0 Å². The fraction of sp³-hybridized carbons (Fsp3) is 0.0833. The number of sulfone groups is 1. The minimum atomic E-state index is -3.21. The molecule has 1 heterocycles. The normalized spacial score (nSPS) is 11.2. The van der Waals surface area contributed by atoms with E-state index in [1.807, 2.05) is 0 Å². The van der Waals surface area contributed by atoms with E-state index in [-0.39, 0.29) is 10.7 Å². The lowest BCUT2D eigenvalue weighted by atomic mass is 10.3. The number of nitrogens with two attached hydrogens (primary N) is 2. The standard InChI is InChI=1S/C12H13N3O3S/c1-19(16,17)9-4-2-8(3-5-9)18-11-7-6-10(13)12(14)15-11/h2-7H,13H2,1H3,(H2,14,15). The molecule has 0 unspecified atom stereocenters. The van der Waals surface area contributed by atoms with Gasteiger partial charge in [-0.1, -0.05) is 0 Å². The zero-order chi connectivity index (χ0) is 14.0. The van der Waals surface area contributed by atoms with Gasteiger partial charge in [0.2, 0.25) is 5.88 Å². The Hall–Kier alpha value is -2.28. The van der Waals surface area contributed by atoms with Crippen LogP contribution in [0.5, 0.6) is 11.6 Å². The number of hydrogen-bond donors (Lipinski definition) is 2. The Bertz CT molecular complexity index is 697. The van der Waals surface area contributed by atoms with Crippen LogP contribution in [0.4, 0.5) is 11.5 Å². The molecule has 6 nitrogen and oxygen atoms in total. The molecule has 1 aromatic carbocycles. The molecule has 0 fully saturated rings. The largest absolute Gasteiger partial charge is 0.439 e. The molecule has 0 atom stereocenters. The number of benzene rings is 1. The smallest absolute Gasteiger partial charge is 0.221 e.